The number of ether oxygens (including phenoxy) is 2. The van der Waals surface area contributed by atoms with Crippen molar-refractivity contribution in [3.63, 3.8) is 0 Å². The van der Waals surface area contributed by atoms with E-state index >= 15 is 0 Å². The molecule has 0 spiro atoms. The van der Waals surface area contributed by atoms with Gasteiger partial charge in [0.25, 0.3) is 16.6 Å². The maximum atomic E-state index is 13.6. The molecular formula is C28H44F2N2O9. The molecule has 0 radical (unpaired) electrons. The molecule has 1 unspecified atom stereocenters. The number of para-hydroxylation sites is 1. The lowest BCUT2D eigenvalue weighted by Crippen LogP contribution is -2.27. The van der Waals surface area contributed by atoms with Crippen LogP contribution in [-0.2, 0) is 19.2 Å². The van der Waals surface area contributed by atoms with Gasteiger partial charge in [-0.05, 0) is 44.2 Å². The molecule has 0 saturated heterocycles. The number of allylic oxidation sites excluding steroid dienone is 3. The molecule has 1 aromatic carbocycles. The zero-order chi connectivity index (χ0) is 31.1. The molecule has 13 heteroatoms. The summed E-state index contributed by atoms with van der Waals surface area (Å²) in [5.74, 6) is 1.31. The van der Waals surface area contributed by atoms with Crippen LogP contribution in [0.4, 0.5) is 8.78 Å². The number of nitrogens with zero attached hydrogens (tertiary/aromatic N) is 2. The Morgan fingerprint density at radius 3 is 2.07 bits per heavy atom. The van der Waals surface area contributed by atoms with Gasteiger partial charge in [0.15, 0.2) is 6.17 Å². The number of hydrogen-bond acceptors (Lipinski definition) is 9. The second kappa shape index (κ2) is 29.2. The summed E-state index contributed by atoms with van der Waals surface area (Å²) in [6, 6.07) is 9.39. The summed E-state index contributed by atoms with van der Waals surface area (Å²) in [5.41, 5.74) is 0. The first-order valence-corrected chi connectivity index (χ1v) is 13.4. The van der Waals surface area contributed by atoms with Crippen LogP contribution in [0.1, 0.15) is 65.2 Å². The van der Waals surface area contributed by atoms with E-state index in [1.807, 2.05) is 36.4 Å². The summed E-state index contributed by atoms with van der Waals surface area (Å²) in [6.07, 6.45) is 16.1. The van der Waals surface area contributed by atoms with E-state index in [1.54, 1.807) is 6.08 Å². The highest BCUT2D eigenvalue weighted by molar-refractivity contribution is 5.37. The summed E-state index contributed by atoms with van der Waals surface area (Å²) in [6.45, 7) is 3.11. The number of rotatable bonds is 16. The second-order valence-electron chi connectivity index (χ2n) is 8.53. The first kappa shape index (κ1) is 39.4. The number of benzene rings is 1. The lowest BCUT2D eigenvalue weighted by atomic mass is 9.89. The van der Waals surface area contributed by atoms with Gasteiger partial charge >= 0.3 is 0 Å². The zero-order valence-corrected chi connectivity index (χ0v) is 24.1. The standard InChI is InChI=1S/C16H21FO.C7H14.C4H6N2O8.CH3F/c17-15(12-11-14-7-3-1-4-8-14)13-18-16-9-5-2-6-10-16;1-3-5-7-6-4-2;7-3-12-4(1-13-5(8)9)2-14-6(10)11;1-2/h2,5-6,9-12,14-15H,1,3-4,7-8,13H2;3,5H,4,6-7H2,1-2H3;3-4H,1-2H2;1H3/b12-11+;5-3-;;. The summed E-state index contributed by atoms with van der Waals surface area (Å²) in [7, 11) is 0.500. The quantitative estimate of drug-likeness (QED) is 0.0666. The van der Waals surface area contributed by atoms with Crippen molar-refractivity contribution in [2.75, 3.05) is 27.0 Å². The third-order valence-electron chi connectivity index (χ3n) is 5.33. The minimum absolute atomic E-state index is 0.0166. The van der Waals surface area contributed by atoms with E-state index in [1.165, 1.54) is 51.4 Å². The molecule has 1 atom stereocenters. The van der Waals surface area contributed by atoms with Gasteiger partial charge in [0.1, 0.15) is 31.7 Å². The van der Waals surface area contributed by atoms with Crippen LogP contribution in [0, 0.1) is 26.1 Å². The number of carbonyl (C=O) groups excluding carboxylic acids is 1. The van der Waals surface area contributed by atoms with Crippen molar-refractivity contribution in [2.45, 2.75) is 77.5 Å². The Morgan fingerprint density at radius 2 is 1.59 bits per heavy atom. The maximum Gasteiger partial charge on any atom is 0.294 e. The first-order valence-electron chi connectivity index (χ1n) is 13.4. The fourth-order valence-corrected chi connectivity index (χ4v) is 3.33. The van der Waals surface area contributed by atoms with Gasteiger partial charge in [0, 0.05) is 0 Å². The summed E-state index contributed by atoms with van der Waals surface area (Å²) in [4.78, 5) is 36.9. The van der Waals surface area contributed by atoms with E-state index in [2.05, 4.69) is 40.4 Å². The molecule has 1 saturated carbocycles. The van der Waals surface area contributed by atoms with Gasteiger partial charge < -0.3 is 19.1 Å². The monoisotopic (exact) mass is 590 g/mol. The number of alkyl halides is 2. The van der Waals surface area contributed by atoms with E-state index in [0.717, 1.165) is 5.75 Å². The van der Waals surface area contributed by atoms with E-state index in [4.69, 9.17) is 4.74 Å². The highest BCUT2D eigenvalue weighted by Crippen LogP contribution is 2.24. The fraction of sp³-hybridized carbons (Fsp3) is 0.607. The third kappa shape index (κ3) is 27.6. The Labute approximate surface area is 240 Å². The highest BCUT2D eigenvalue weighted by Gasteiger charge is 2.14. The normalized spacial score (nSPS) is 13.4. The number of carbonyl (C=O) groups is 1. The summed E-state index contributed by atoms with van der Waals surface area (Å²) < 4.78 is 32.7. The Morgan fingerprint density at radius 1 is 1.00 bits per heavy atom. The summed E-state index contributed by atoms with van der Waals surface area (Å²) in [5, 5.41) is 17.2. The van der Waals surface area contributed by atoms with Crippen molar-refractivity contribution in [3.05, 3.63) is 74.9 Å². The predicted octanol–water partition coefficient (Wildman–Crippen LogP) is 6.82. The topological polar surface area (TPSA) is 140 Å². The molecule has 11 nitrogen and oxygen atoms in total. The molecule has 1 aliphatic rings. The third-order valence-corrected chi connectivity index (χ3v) is 5.33. The van der Waals surface area contributed by atoms with E-state index in [9.17, 15) is 33.8 Å². The van der Waals surface area contributed by atoms with Crippen molar-refractivity contribution >= 4 is 6.47 Å². The van der Waals surface area contributed by atoms with Gasteiger partial charge in [-0.2, -0.15) is 0 Å². The van der Waals surface area contributed by atoms with Crippen molar-refractivity contribution in [3.8, 4) is 5.75 Å². The van der Waals surface area contributed by atoms with E-state index < -0.39 is 35.7 Å². The number of halogens is 2. The smallest absolute Gasteiger partial charge is 0.294 e. The average Bonchev–Trinajstić information content (AvgIpc) is 2.99. The van der Waals surface area contributed by atoms with Crippen LogP contribution in [0.15, 0.2) is 54.6 Å². The van der Waals surface area contributed by atoms with Crippen LogP contribution < -0.4 is 4.74 Å². The second-order valence-corrected chi connectivity index (χ2v) is 8.53. The Hall–Kier alpha value is -3.77. The van der Waals surface area contributed by atoms with Gasteiger partial charge in [0.05, 0.1) is 7.18 Å². The van der Waals surface area contributed by atoms with Crippen LogP contribution in [0.5, 0.6) is 5.75 Å². The first-order chi connectivity index (χ1) is 19.8. The minimum Gasteiger partial charge on any atom is -0.490 e. The maximum absolute atomic E-state index is 13.6. The zero-order valence-electron chi connectivity index (χ0n) is 24.1. The number of unbranched alkanes of at least 4 members (excludes halogenated alkanes) is 2. The van der Waals surface area contributed by atoms with Gasteiger partial charge in [-0.15, -0.1) is 20.2 Å². The van der Waals surface area contributed by atoms with Crippen molar-refractivity contribution in [1.82, 2.24) is 0 Å². The average molecular weight is 591 g/mol. The summed E-state index contributed by atoms with van der Waals surface area (Å²) >= 11 is 0. The molecule has 2 rings (SSSR count). The van der Waals surface area contributed by atoms with Gasteiger partial charge in [0.2, 0.25) is 0 Å². The Balaban J connectivity index is 0. The van der Waals surface area contributed by atoms with Gasteiger partial charge in [-0.25, -0.2) is 4.39 Å². The van der Waals surface area contributed by atoms with Gasteiger partial charge in [-0.3, -0.25) is 9.18 Å². The van der Waals surface area contributed by atoms with Crippen molar-refractivity contribution in [2.24, 2.45) is 5.92 Å². The SMILES string of the molecule is C/C=C\CCCC.CF.FC(/C=C/C1CCCCC1)COc1ccccc1.O=COC(CO[N+](=O)[O-])CO[N+](=O)[O-]. The van der Waals surface area contributed by atoms with Crippen LogP contribution in [0.25, 0.3) is 0 Å². The molecule has 1 fully saturated rings. The minimum atomic E-state index is -1.19. The van der Waals surface area contributed by atoms with Crippen LogP contribution >= 0.6 is 0 Å². The molecule has 1 aromatic rings. The van der Waals surface area contributed by atoms with Crippen molar-refractivity contribution in [1.29, 1.82) is 0 Å². The molecule has 234 valence electrons. The molecule has 0 N–H and O–H groups in total. The molecule has 0 aromatic heterocycles. The lowest BCUT2D eigenvalue weighted by Gasteiger charge is -2.18. The molecule has 0 heterocycles. The molecule has 0 aliphatic heterocycles. The molecule has 0 bridgehead atoms. The van der Waals surface area contributed by atoms with Crippen LogP contribution in [0.2, 0.25) is 0 Å². The largest absolute Gasteiger partial charge is 0.490 e. The molecular weight excluding hydrogens is 546 g/mol. The highest BCUT2D eigenvalue weighted by atomic mass is 19.1. The lowest BCUT2D eigenvalue weighted by molar-refractivity contribution is -0.768. The van der Waals surface area contributed by atoms with E-state index in [-0.39, 0.29) is 13.1 Å². The predicted molar refractivity (Wildman–Crippen MR) is 151 cm³/mol. The Bertz CT molecular complexity index is 806. The van der Waals surface area contributed by atoms with Gasteiger partial charge in [-0.1, -0.05) is 81.5 Å². The fourth-order valence-electron chi connectivity index (χ4n) is 3.33. The molecule has 0 amide bonds. The van der Waals surface area contributed by atoms with Crippen LogP contribution in [0.3, 0.4) is 0 Å². The van der Waals surface area contributed by atoms with E-state index in [0.29, 0.717) is 13.1 Å². The Kier molecular flexibility index (Phi) is 28.1. The van der Waals surface area contributed by atoms with Crippen LogP contribution in [-0.4, -0.2) is 55.9 Å². The van der Waals surface area contributed by atoms with Crippen molar-refractivity contribution < 1.29 is 42.9 Å². The molecule has 41 heavy (non-hydrogen) atoms. The molecule has 1 aliphatic carbocycles. The number of hydrogen-bond donors (Lipinski definition) is 0.